The van der Waals surface area contributed by atoms with Gasteiger partial charge in [-0.05, 0) is 49.7 Å². The van der Waals surface area contributed by atoms with Gasteiger partial charge in [0, 0.05) is 26.9 Å². The number of allylic oxidation sites excluding steroid dienone is 1. The lowest BCUT2D eigenvalue weighted by Crippen LogP contribution is -2.45. The minimum absolute atomic E-state index is 0.146. The number of nitrogens with zero attached hydrogens (tertiary/aromatic N) is 1. The summed E-state index contributed by atoms with van der Waals surface area (Å²) in [6.07, 6.45) is 1.34. The van der Waals surface area contributed by atoms with Gasteiger partial charge in [-0.1, -0.05) is 59.1 Å². The molecule has 0 radical (unpaired) electrons. The SMILES string of the molecule is CCOC(=O)C1=C(C)NC(=O)N[C@H]1c1ccc(OCC(=O)N/N=C/c2cc(Cl)cc(Cl)c2OCc2ccccc2Cl)c(OC)c1. The van der Waals surface area contributed by atoms with E-state index in [1.165, 1.54) is 19.4 Å². The number of amides is 3. The molecule has 0 bridgehead atoms. The molecule has 3 N–H and O–H groups in total. The Morgan fingerprint density at radius 3 is 2.53 bits per heavy atom. The molecule has 1 aliphatic heterocycles. The minimum Gasteiger partial charge on any atom is -0.493 e. The van der Waals surface area contributed by atoms with Crippen LogP contribution in [0.5, 0.6) is 17.2 Å². The summed E-state index contributed by atoms with van der Waals surface area (Å²) < 4.78 is 22.2. The van der Waals surface area contributed by atoms with Crippen molar-refractivity contribution >= 4 is 58.9 Å². The lowest BCUT2D eigenvalue weighted by Gasteiger charge is -2.28. The first kappa shape index (κ1) is 33.4. The molecule has 3 aromatic carbocycles. The van der Waals surface area contributed by atoms with E-state index in [1.54, 1.807) is 44.2 Å². The van der Waals surface area contributed by atoms with Crippen LogP contribution in [0.15, 0.2) is 71.0 Å². The lowest BCUT2D eigenvalue weighted by atomic mass is 9.95. The Labute approximate surface area is 274 Å². The van der Waals surface area contributed by atoms with Crippen LogP contribution in [0.2, 0.25) is 15.1 Å². The number of methoxy groups -OCH3 is 1. The first-order valence-corrected chi connectivity index (χ1v) is 14.7. The standard InChI is InChI=1S/C31H29Cl3N4O7/c1-4-43-30(40)27-17(2)36-31(41)37-28(27)18-9-10-24(25(12-18)42-3)44-16-26(39)38-35-14-20-11-21(32)13-23(34)29(20)45-15-19-7-5-6-8-22(19)33/h5-14,28H,4,15-16H2,1-3H3,(H,38,39)(H2,36,37,41)/b35-14+/t28-/m0/s1. The van der Waals surface area contributed by atoms with Crippen LogP contribution in [-0.4, -0.2) is 44.4 Å². The molecule has 0 spiro atoms. The summed E-state index contributed by atoms with van der Waals surface area (Å²) in [5.41, 5.74) is 4.73. The van der Waals surface area contributed by atoms with Crippen LogP contribution in [0.25, 0.3) is 0 Å². The van der Waals surface area contributed by atoms with Gasteiger partial charge in [0.15, 0.2) is 18.1 Å². The maximum Gasteiger partial charge on any atom is 0.338 e. The minimum atomic E-state index is -0.795. The Morgan fingerprint density at radius 2 is 1.80 bits per heavy atom. The molecule has 14 heteroatoms. The molecular formula is C31H29Cl3N4O7. The molecule has 1 heterocycles. The number of hydrogen-bond acceptors (Lipinski definition) is 8. The monoisotopic (exact) mass is 674 g/mol. The molecule has 11 nitrogen and oxygen atoms in total. The zero-order valence-corrected chi connectivity index (χ0v) is 26.7. The zero-order valence-electron chi connectivity index (χ0n) is 24.4. The van der Waals surface area contributed by atoms with Gasteiger partial charge in [0.1, 0.15) is 12.4 Å². The second kappa shape index (κ2) is 15.5. The molecule has 0 unspecified atom stereocenters. The Kier molecular flexibility index (Phi) is 11.5. The summed E-state index contributed by atoms with van der Waals surface area (Å²) in [4.78, 5) is 37.3. The molecule has 236 valence electrons. The Bertz CT molecular complexity index is 1660. The summed E-state index contributed by atoms with van der Waals surface area (Å²) in [6, 6.07) is 13.9. The maximum absolute atomic E-state index is 12.6. The van der Waals surface area contributed by atoms with Crippen LogP contribution in [0, 0.1) is 0 Å². The number of carbonyl (C=O) groups is 3. The molecule has 45 heavy (non-hydrogen) atoms. The van der Waals surface area contributed by atoms with Gasteiger partial charge in [-0.15, -0.1) is 0 Å². The number of nitrogens with one attached hydrogen (secondary N) is 3. The highest BCUT2D eigenvalue weighted by Gasteiger charge is 2.32. The predicted molar refractivity (Wildman–Crippen MR) is 170 cm³/mol. The third-order valence-corrected chi connectivity index (χ3v) is 7.27. The number of urea groups is 1. The number of rotatable bonds is 12. The average molecular weight is 676 g/mol. The number of hydrogen-bond donors (Lipinski definition) is 3. The molecule has 4 rings (SSSR count). The number of ether oxygens (including phenoxy) is 4. The van der Waals surface area contributed by atoms with E-state index in [9.17, 15) is 14.4 Å². The average Bonchev–Trinajstić information content (AvgIpc) is 3.00. The highest BCUT2D eigenvalue weighted by Crippen LogP contribution is 2.35. The summed E-state index contributed by atoms with van der Waals surface area (Å²) in [5, 5.41) is 10.4. The van der Waals surface area contributed by atoms with Crippen LogP contribution in [-0.2, 0) is 20.9 Å². The Balaban J connectivity index is 1.42. The molecule has 0 aromatic heterocycles. The van der Waals surface area contributed by atoms with E-state index >= 15 is 0 Å². The predicted octanol–water partition coefficient (Wildman–Crippen LogP) is 5.95. The molecule has 0 fully saturated rings. The van der Waals surface area contributed by atoms with E-state index in [0.29, 0.717) is 32.6 Å². The second-order valence-electron chi connectivity index (χ2n) is 9.47. The van der Waals surface area contributed by atoms with E-state index in [1.807, 2.05) is 18.2 Å². The van der Waals surface area contributed by atoms with Gasteiger partial charge in [-0.2, -0.15) is 5.10 Å². The zero-order chi connectivity index (χ0) is 32.5. The number of benzene rings is 3. The van der Waals surface area contributed by atoms with E-state index in [0.717, 1.165) is 5.56 Å². The van der Waals surface area contributed by atoms with Crippen molar-refractivity contribution in [1.82, 2.24) is 16.1 Å². The van der Waals surface area contributed by atoms with E-state index < -0.39 is 30.6 Å². The van der Waals surface area contributed by atoms with Gasteiger partial charge in [-0.3, -0.25) is 4.79 Å². The fourth-order valence-electron chi connectivity index (χ4n) is 4.35. The third kappa shape index (κ3) is 8.59. The van der Waals surface area contributed by atoms with Crippen LogP contribution in [0.3, 0.4) is 0 Å². The van der Waals surface area contributed by atoms with Gasteiger partial charge in [0.05, 0.1) is 36.6 Å². The highest BCUT2D eigenvalue weighted by atomic mass is 35.5. The van der Waals surface area contributed by atoms with Gasteiger partial charge >= 0.3 is 12.0 Å². The molecule has 0 saturated carbocycles. The van der Waals surface area contributed by atoms with Crippen LogP contribution in [0.1, 0.15) is 36.6 Å². The van der Waals surface area contributed by atoms with E-state index in [2.05, 4.69) is 21.2 Å². The molecular weight excluding hydrogens is 647 g/mol. The van der Waals surface area contributed by atoms with Crippen LogP contribution in [0.4, 0.5) is 4.79 Å². The number of esters is 1. The van der Waals surface area contributed by atoms with Crippen molar-refractivity contribution in [2.24, 2.45) is 5.10 Å². The fourth-order valence-corrected chi connectivity index (χ4v) is 5.10. The normalized spacial score (nSPS) is 14.4. The van der Waals surface area contributed by atoms with Gasteiger partial charge in [0.25, 0.3) is 5.91 Å². The second-order valence-corrected chi connectivity index (χ2v) is 10.7. The number of hydrazone groups is 1. The molecule has 1 atom stereocenters. The summed E-state index contributed by atoms with van der Waals surface area (Å²) in [6.45, 7) is 3.22. The molecule has 3 amide bonds. The van der Waals surface area contributed by atoms with Crippen molar-refractivity contribution in [1.29, 1.82) is 0 Å². The van der Waals surface area contributed by atoms with Crippen molar-refractivity contribution in [3.63, 3.8) is 0 Å². The first-order chi connectivity index (χ1) is 21.6. The Morgan fingerprint density at radius 1 is 1.02 bits per heavy atom. The summed E-state index contributed by atoms with van der Waals surface area (Å²) in [5.74, 6) is -0.315. The maximum atomic E-state index is 12.6. The van der Waals surface area contributed by atoms with E-state index in [4.69, 9.17) is 53.8 Å². The molecule has 0 saturated heterocycles. The molecule has 3 aromatic rings. The number of carbonyl (C=O) groups excluding carboxylic acids is 3. The van der Waals surface area contributed by atoms with Gasteiger partial charge in [0.2, 0.25) is 0 Å². The van der Waals surface area contributed by atoms with Crippen LogP contribution >= 0.6 is 34.8 Å². The van der Waals surface area contributed by atoms with Crippen molar-refractivity contribution in [2.45, 2.75) is 26.5 Å². The third-order valence-electron chi connectivity index (χ3n) is 6.40. The largest absolute Gasteiger partial charge is 0.493 e. The fraction of sp³-hybridized carbons (Fsp3) is 0.226. The van der Waals surface area contributed by atoms with Gasteiger partial charge < -0.3 is 29.6 Å². The van der Waals surface area contributed by atoms with Crippen molar-refractivity contribution in [3.8, 4) is 17.2 Å². The molecule has 0 aliphatic carbocycles. The van der Waals surface area contributed by atoms with Crippen molar-refractivity contribution < 1.29 is 33.3 Å². The smallest absolute Gasteiger partial charge is 0.338 e. The van der Waals surface area contributed by atoms with Crippen molar-refractivity contribution in [2.75, 3.05) is 20.3 Å². The quantitative estimate of drug-likeness (QED) is 0.123. The van der Waals surface area contributed by atoms with E-state index in [-0.39, 0.29) is 35.3 Å². The Hall–Kier alpha value is -4.45. The topological polar surface area (TPSA) is 137 Å². The first-order valence-electron chi connectivity index (χ1n) is 13.5. The van der Waals surface area contributed by atoms with Gasteiger partial charge in [-0.25, -0.2) is 15.0 Å². The highest BCUT2D eigenvalue weighted by molar-refractivity contribution is 6.36. The lowest BCUT2D eigenvalue weighted by molar-refractivity contribution is -0.139. The summed E-state index contributed by atoms with van der Waals surface area (Å²) >= 11 is 18.8. The van der Waals surface area contributed by atoms with Crippen molar-refractivity contribution in [3.05, 3.63) is 97.6 Å². The molecule has 1 aliphatic rings. The summed E-state index contributed by atoms with van der Waals surface area (Å²) in [7, 11) is 1.42. The van der Waals surface area contributed by atoms with Crippen LogP contribution < -0.4 is 30.3 Å². The number of halogens is 3.